The van der Waals surface area contributed by atoms with Crippen molar-refractivity contribution in [1.29, 1.82) is 0 Å². The van der Waals surface area contributed by atoms with Gasteiger partial charge in [0.25, 0.3) is 0 Å². The average molecular weight is 444 g/mol. The zero-order valence-electron chi connectivity index (χ0n) is 15.8. The van der Waals surface area contributed by atoms with Gasteiger partial charge in [0.15, 0.2) is 0 Å². The summed E-state index contributed by atoms with van der Waals surface area (Å²) < 4.78 is 1.05. The lowest BCUT2D eigenvalue weighted by Crippen LogP contribution is -2.68. The smallest absolute Gasteiger partial charge is 0.321 e. The molecule has 0 bridgehead atoms. The van der Waals surface area contributed by atoms with Crippen molar-refractivity contribution < 1.29 is 9.90 Å². The van der Waals surface area contributed by atoms with Gasteiger partial charge >= 0.3 is 6.03 Å². The first-order valence-electron chi connectivity index (χ1n) is 9.90. The summed E-state index contributed by atoms with van der Waals surface area (Å²) in [6.45, 7) is 2.57. The van der Waals surface area contributed by atoms with Crippen molar-refractivity contribution in [3.8, 4) is 0 Å². The minimum absolute atomic E-state index is 0.0462. The van der Waals surface area contributed by atoms with E-state index >= 15 is 0 Å². The molecule has 148 valence electrons. The van der Waals surface area contributed by atoms with Crippen LogP contribution in [0.4, 0.5) is 10.5 Å². The molecule has 0 spiro atoms. The number of aliphatic hydroxyl groups excluding tert-OH is 1. The Morgan fingerprint density at radius 2 is 1.79 bits per heavy atom. The van der Waals surface area contributed by atoms with Gasteiger partial charge in [0, 0.05) is 41.3 Å². The van der Waals surface area contributed by atoms with Crippen LogP contribution in [0, 0.1) is 0 Å². The van der Waals surface area contributed by atoms with Crippen LogP contribution in [0.15, 0.2) is 59.1 Å². The number of aliphatic hydroxyl groups is 1. The molecular formula is C22H26BrN3O2. The molecule has 2 aromatic rings. The molecule has 2 aliphatic heterocycles. The van der Waals surface area contributed by atoms with Gasteiger partial charge in [-0.1, -0.05) is 46.3 Å². The second kappa shape index (κ2) is 8.64. The summed E-state index contributed by atoms with van der Waals surface area (Å²) >= 11 is 3.50. The SMILES string of the molecule is O=C(Nc1ccccc1)N1CCCCN2[C@H](CO)[C@H](c3ccc(Br)cc3)[C@@H]2C1. The summed E-state index contributed by atoms with van der Waals surface area (Å²) in [5.74, 6) is 0.239. The van der Waals surface area contributed by atoms with Crippen LogP contribution in [0.5, 0.6) is 0 Å². The molecule has 2 fully saturated rings. The van der Waals surface area contributed by atoms with E-state index in [1.807, 2.05) is 35.2 Å². The predicted octanol–water partition coefficient (Wildman–Crippen LogP) is 3.91. The topological polar surface area (TPSA) is 55.8 Å². The zero-order chi connectivity index (χ0) is 19.5. The highest BCUT2D eigenvalue weighted by Crippen LogP contribution is 2.42. The van der Waals surface area contributed by atoms with E-state index in [-0.39, 0.29) is 30.6 Å². The van der Waals surface area contributed by atoms with E-state index < -0.39 is 0 Å². The first-order chi connectivity index (χ1) is 13.7. The monoisotopic (exact) mass is 443 g/mol. The van der Waals surface area contributed by atoms with Crippen LogP contribution in [-0.4, -0.2) is 59.3 Å². The van der Waals surface area contributed by atoms with E-state index in [2.05, 4.69) is 50.4 Å². The quantitative estimate of drug-likeness (QED) is 0.755. The first kappa shape index (κ1) is 19.4. The number of fused-ring (bicyclic) bond motifs is 1. The molecular weight excluding hydrogens is 418 g/mol. The molecule has 0 unspecified atom stereocenters. The van der Waals surface area contributed by atoms with Crippen LogP contribution in [0.1, 0.15) is 24.3 Å². The molecule has 2 amide bonds. The van der Waals surface area contributed by atoms with Crippen LogP contribution in [0.2, 0.25) is 0 Å². The third-order valence-electron chi connectivity index (χ3n) is 5.94. The number of hydrogen-bond donors (Lipinski definition) is 2. The minimum atomic E-state index is -0.0462. The van der Waals surface area contributed by atoms with Gasteiger partial charge in [0.05, 0.1) is 6.61 Å². The highest BCUT2D eigenvalue weighted by atomic mass is 79.9. The third kappa shape index (κ3) is 3.95. The van der Waals surface area contributed by atoms with Crippen molar-refractivity contribution in [3.63, 3.8) is 0 Å². The number of urea groups is 1. The van der Waals surface area contributed by atoms with Gasteiger partial charge in [0.1, 0.15) is 0 Å². The predicted molar refractivity (Wildman–Crippen MR) is 115 cm³/mol. The molecule has 2 aromatic carbocycles. The van der Waals surface area contributed by atoms with E-state index in [0.29, 0.717) is 6.54 Å². The minimum Gasteiger partial charge on any atom is -0.395 e. The van der Waals surface area contributed by atoms with Crippen LogP contribution in [-0.2, 0) is 0 Å². The van der Waals surface area contributed by atoms with Crippen molar-refractivity contribution in [2.75, 3.05) is 31.6 Å². The third-order valence-corrected chi connectivity index (χ3v) is 6.47. The zero-order valence-corrected chi connectivity index (χ0v) is 17.4. The van der Waals surface area contributed by atoms with Gasteiger partial charge in [-0.15, -0.1) is 0 Å². The number of hydrogen-bond acceptors (Lipinski definition) is 3. The molecule has 0 radical (unpaired) electrons. The number of anilines is 1. The molecule has 2 N–H and O–H groups in total. The van der Waals surface area contributed by atoms with Crippen molar-refractivity contribution in [1.82, 2.24) is 9.80 Å². The molecule has 2 aliphatic rings. The summed E-state index contributed by atoms with van der Waals surface area (Å²) in [7, 11) is 0. The fourth-order valence-corrected chi connectivity index (χ4v) is 4.80. The van der Waals surface area contributed by atoms with E-state index in [1.165, 1.54) is 5.56 Å². The number of carbonyl (C=O) groups is 1. The van der Waals surface area contributed by atoms with Gasteiger partial charge < -0.3 is 15.3 Å². The van der Waals surface area contributed by atoms with E-state index in [1.54, 1.807) is 0 Å². The Labute approximate surface area is 174 Å². The molecule has 4 rings (SSSR count). The average Bonchev–Trinajstić information content (AvgIpc) is 2.69. The summed E-state index contributed by atoms with van der Waals surface area (Å²) in [5, 5.41) is 13.0. The molecule has 28 heavy (non-hydrogen) atoms. The lowest BCUT2D eigenvalue weighted by Gasteiger charge is -2.57. The fraction of sp³-hybridized carbons (Fsp3) is 0.409. The maximum absolute atomic E-state index is 12.9. The number of para-hydroxylation sites is 1. The van der Waals surface area contributed by atoms with Crippen molar-refractivity contribution >= 4 is 27.6 Å². The Bertz CT molecular complexity index is 799. The lowest BCUT2D eigenvalue weighted by molar-refractivity contribution is -0.0585. The van der Waals surface area contributed by atoms with Gasteiger partial charge in [-0.25, -0.2) is 4.79 Å². The molecule has 2 saturated heterocycles. The maximum Gasteiger partial charge on any atom is 0.321 e. The number of carbonyl (C=O) groups excluding carboxylic acids is 1. The fourth-order valence-electron chi connectivity index (χ4n) is 4.53. The second-order valence-electron chi connectivity index (χ2n) is 7.58. The van der Waals surface area contributed by atoms with Crippen molar-refractivity contribution in [3.05, 3.63) is 64.6 Å². The first-order valence-corrected chi connectivity index (χ1v) is 10.7. The van der Waals surface area contributed by atoms with E-state index in [4.69, 9.17) is 0 Å². The molecule has 5 nitrogen and oxygen atoms in total. The Morgan fingerprint density at radius 3 is 2.50 bits per heavy atom. The number of nitrogens with zero attached hydrogens (tertiary/aromatic N) is 2. The highest BCUT2D eigenvalue weighted by molar-refractivity contribution is 9.10. The Morgan fingerprint density at radius 1 is 1.07 bits per heavy atom. The normalized spacial score (nSPS) is 25.2. The Kier molecular flexibility index (Phi) is 5.99. The summed E-state index contributed by atoms with van der Waals surface area (Å²) in [6.07, 6.45) is 2.02. The van der Waals surface area contributed by atoms with Gasteiger partial charge in [0.2, 0.25) is 0 Å². The number of amides is 2. The second-order valence-corrected chi connectivity index (χ2v) is 8.50. The van der Waals surface area contributed by atoms with Crippen LogP contribution < -0.4 is 5.32 Å². The molecule has 0 saturated carbocycles. The number of benzene rings is 2. The number of nitrogens with one attached hydrogen (secondary N) is 1. The number of rotatable bonds is 3. The lowest BCUT2D eigenvalue weighted by atomic mass is 9.74. The van der Waals surface area contributed by atoms with E-state index in [0.717, 1.165) is 36.1 Å². The molecule has 0 aliphatic carbocycles. The van der Waals surface area contributed by atoms with Gasteiger partial charge in [-0.2, -0.15) is 0 Å². The summed E-state index contributed by atoms with van der Waals surface area (Å²) in [4.78, 5) is 17.2. The summed E-state index contributed by atoms with van der Waals surface area (Å²) in [6, 6.07) is 18.3. The standard InChI is InChI=1S/C22H26BrN3O2/c23-17-10-8-16(9-11-17)21-19-14-25(12-4-5-13-26(19)20(21)15-27)22(28)24-18-6-2-1-3-7-18/h1-3,6-11,19-21,27H,4-5,12-15H2,(H,24,28)/t19-,20+,21+/m0/s1. The number of halogens is 1. The van der Waals surface area contributed by atoms with Crippen LogP contribution in [0.25, 0.3) is 0 Å². The summed E-state index contributed by atoms with van der Waals surface area (Å²) in [5.41, 5.74) is 2.05. The molecule has 3 atom stereocenters. The van der Waals surface area contributed by atoms with Gasteiger partial charge in [-0.3, -0.25) is 4.90 Å². The largest absolute Gasteiger partial charge is 0.395 e. The van der Waals surface area contributed by atoms with Gasteiger partial charge in [-0.05, 0) is 49.2 Å². The highest BCUT2D eigenvalue weighted by Gasteiger charge is 2.49. The molecule has 2 heterocycles. The Balaban J connectivity index is 1.52. The Hall–Kier alpha value is -1.89. The molecule has 6 heteroatoms. The van der Waals surface area contributed by atoms with Crippen molar-refractivity contribution in [2.24, 2.45) is 0 Å². The van der Waals surface area contributed by atoms with Crippen LogP contribution in [0.3, 0.4) is 0 Å². The van der Waals surface area contributed by atoms with Crippen LogP contribution >= 0.6 is 15.9 Å². The van der Waals surface area contributed by atoms with Crippen molar-refractivity contribution in [2.45, 2.75) is 30.8 Å². The maximum atomic E-state index is 12.9. The van der Waals surface area contributed by atoms with E-state index in [9.17, 15) is 9.90 Å². The molecule has 0 aromatic heterocycles.